The van der Waals surface area contributed by atoms with Crippen LogP contribution in [0, 0.1) is 23.7 Å². The molecule has 4 fully saturated rings. The lowest BCUT2D eigenvalue weighted by Gasteiger charge is -2.49. The van der Waals surface area contributed by atoms with Crippen LogP contribution < -0.4 is 0 Å². The maximum absolute atomic E-state index is 10.5. The predicted octanol–water partition coefficient (Wildman–Crippen LogP) is 1.44. The fourth-order valence-corrected chi connectivity index (χ4v) is 5.54. The van der Waals surface area contributed by atoms with E-state index in [1.54, 1.807) is 38.5 Å². The van der Waals surface area contributed by atoms with Crippen molar-refractivity contribution in [1.29, 1.82) is 0 Å². The number of hydrogen-bond acceptors (Lipinski definition) is 14. The highest BCUT2D eigenvalue weighted by Gasteiger charge is 2.41. The average Bonchev–Trinajstić information content (AvgIpc) is 2.77. The summed E-state index contributed by atoms with van der Waals surface area (Å²) in [5.41, 5.74) is 0. The normalized spacial score (nSPS) is 22.3. The Morgan fingerprint density at radius 1 is 0.615 bits per heavy atom. The van der Waals surface area contributed by atoms with Gasteiger partial charge in [0, 0.05) is 13.3 Å². The summed E-state index contributed by atoms with van der Waals surface area (Å²) >= 11 is 0. The number of carbonyl (C=O) groups excluding carboxylic acids is 4. The van der Waals surface area contributed by atoms with Gasteiger partial charge in [-0.25, -0.2) is 16.8 Å². The van der Waals surface area contributed by atoms with Gasteiger partial charge in [-0.1, -0.05) is 20.8 Å². The molecule has 4 saturated carbocycles. The minimum Gasteiger partial charge on any atom is -0.748 e. The zero-order valence-electron chi connectivity index (χ0n) is 22.6. The second-order valence-electron chi connectivity index (χ2n) is 9.06. The van der Waals surface area contributed by atoms with Gasteiger partial charge in [-0.3, -0.25) is 19.2 Å². The third kappa shape index (κ3) is 19.4. The van der Waals surface area contributed by atoms with E-state index in [4.69, 9.17) is 0 Å². The summed E-state index contributed by atoms with van der Waals surface area (Å²) < 4.78 is 76.7. The fourth-order valence-electron chi connectivity index (χ4n) is 4.80. The molecule has 0 radical (unpaired) electrons. The van der Waals surface area contributed by atoms with Gasteiger partial charge in [0.2, 0.25) is 13.6 Å². The van der Waals surface area contributed by atoms with E-state index in [-0.39, 0.29) is 6.42 Å². The Kier molecular flexibility index (Phi) is 17.1. The monoisotopic (exact) mass is 602 g/mol. The molecule has 16 heteroatoms. The number of carbonyl (C=O) groups is 4. The first-order valence-corrected chi connectivity index (χ1v) is 15.7. The van der Waals surface area contributed by atoms with Crippen LogP contribution in [-0.2, 0) is 58.4 Å². The first-order chi connectivity index (χ1) is 18.1. The Morgan fingerprint density at radius 3 is 1.15 bits per heavy atom. The van der Waals surface area contributed by atoms with E-state index in [2.05, 4.69) is 18.9 Å². The first-order valence-electron chi connectivity index (χ1n) is 12.5. The van der Waals surface area contributed by atoms with E-state index in [0.29, 0.717) is 0 Å². The largest absolute Gasteiger partial charge is 0.748 e. The summed E-state index contributed by atoms with van der Waals surface area (Å²) in [5, 5.41) is 0. The molecule has 0 unspecified atom stereocenters. The zero-order valence-corrected chi connectivity index (χ0v) is 24.3. The van der Waals surface area contributed by atoms with Gasteiger partial charge in [-0.2, -0.15) is 0 Å². The summed E-state index contributed by atoms with van der Waals surface area (Å²) in [6, 6.07) is 0. The highest BCUT2D eigenvalue weighted by molar-refractivity contribution is 7.86. The van der Waals surface area contributed by atoms with Crippen LogP contribution in [0.15, 0.2) is 0 Å². The van der Waals surface area contributed by atoms with Crippen LogP contribution in [0.1, 0.15) is 72.6 Å². The molecule has 0 aromatic heterocycles. The van der Waals surface area contributed by atoms with Crippen LogP contribution >= 0.6 is 0 Å². The highest BCUT2D eigenvalue weighted by Crippen LogP contribution is 2.53. The molecule has 228 valence electrons. The molecule has 0 spiro atoms. The minimum absolute atomic E-state index is 0.109. The minimum atomic E-state index is -4.64. The van der Waals surface area contributed by atoms with E-state index in [9.17, 15) is 45.1 Å². The Morgan fingerprint density at radius 2 is 0.897 bits per heavy atom. The summed E-state index contributed by atoms with van der Waals surface area (Å²) in [6.07, 6.45) is 9.73. The van der Waals surface area contributed by atoms with Crippen molar-refractivity contribution in [2.45, 2.75) is 72.6 Å². The summed E-state index contributed by atoms with van der Waals surface area (Å²) in [7, 11) is -9.28. The molecule has 14 nitrogen and oxygen atoms in total. The first kappa shape index (κ1) is 36.7. The van der Waals surface area contributed by atoms with Gasteiger partial charge in [-0.05, 0) is 62.2 Å². The standard InChI is InChI=1S/C10H16.C6H10O7S.C5H8O7S.C2H6/c1-7-2-9-4-8(1)5-10(3-7)6-9;1-2-5(7)12-4-13-6(8)3-14(9,10)11;1-4(6)11-3-12-5(7)2-13(8,9)10;1-2/h7-10H,1-6H2;2-4H2,1H3,(H,9,10,11);2-3H2,1H3,(H,8,9,10);1-2H3/p-2. The third-order valence-electron chi connectivity index (χ3n) is 5.80. The number of hydrogen-bond donors (Lipinski definition) is 0. The Hall–Kier alpha value is -2.30. The Labute approximate surface area is 229 Å². The molecule has 0 N–H and O–H groups in total. The van der Waals surface area contributed by atoms with Crippen molar-refractivity contribution in [3.63, 3.8) is 0 Å². The van der Waals surface area contributed by atoms with Crippen molar-refractivity contribution in [3.8, 4) is 0 Å². The van der Waals surface area contributed by atoms with Crippen LogP contribution in [-0.4, -0.2) is 74.9 Å². The van der Waals surface area contributed by atoms with Gasteiger partial charge >= 0.3 is 23.9 Å². The summed E-state index contributed by atoms with van der Waals surface area (Å²) in [6.45, 7) is 5.25. The van der Waals surface area contributed by atoms with Crippen LogP contribution in [0.25, 0.3) is 0 Å². The van der Waals surface area contributed by atoms with Gasteiger partial charge < -0.3 is 28.1 Å². The lowest BCUT2D eigenvalue weighted by molar-refractivity contribution is -0.166. The molecule has 39 heavy (non-hydrogen) atoms. The molecule has 4 aliphatic rings. The maximum atomic E-state index is 10.5. The number of esters is 4. The second-order valence-corrected chi connectivity index (χ2v) is 11.9. The van der Waals surface area contributed by atoms with E-state index in [1.165, 1.54) is 30.6 Å². The van der Waals surface area contributed by atoms with E-state index in [0.717, 1.165) is 6.92 Å². The quantitative estimate of drug-likeness (QED) is 0.207. The molecule has 0 amide bonds. The lowest BCUT2D eigenvalue weighted by atomic mass is 9.56. The van der Waals surface area contributed by atoms with Crippen molar-refractivity contribution in [2.75, 3.05) is 25.1 Å². The van der Waals surface area contributed by atoms with Gasteiger partial charge in [0.05, 0.1) is 0 Å². The average molecular weight is 603 g/mol. The van der Waals surface area contributed by atoms with E-state index in [1.807, 2.05) is 13.8 Å². The second kappa shape index (κ2) is 18.1. The molecular formula is C23H38O14S2-2. The Balaban J connectivity index is 0.000000540. The molecule has 4 bridgehead atoms. The van der Waals surface area contributed by atoms with Gasteiger partial charge in [0.1, 0.15) is 31.7 Å². The summed E-state index contributed by atoms with van der Waals surface area (Å²) in [4.78, 5) is 41.6. The molecule has 4 aliphatic carbocycles. The van der Waals surface area contributed by atoms with Gasteiger partial charge in [0.25, 0.3) is 0 Å². The SMILES string of the molecule is C1C2CC3CC1CC(C2)C3.CC.CC(=O)OCOC(=O)CS(=O)(=O)[O-].CCC(=O)OCOC(=O)CS(=O)(=O)[O-]. The van der Waals surface area contributed by atoms with Crippen LogP contribution in [0.3, 0.4) is 0 Å². The van der Waals surface area contributed by atoms with Crippen LogP contribution in [0.4, 0.5) is 0 Å². The van der Waals surface area contributed by atoms with E-state index >= 15 is 0 Å². The zero-order chi connectivity index (χ0) is 30.2. The van der Waals surface area contributed by atoms with Crippen molar-refractivity contribution in [2.24, 2.45) is 23.7 Å². The smallest absolute Gasteiger partial charge is 0.322 e. The Bertz CT molecular complexity index is 947. The maximum Gasteiger partial charge on any atom is 0.322 e. The van der Waals surface area contributed by atoms with Crippen LogP contribution in [0.5, 0.6) is 0 Å². The van der Waals surface area contributed by atoms with Gasteiger partial charge in [0.15, 0.2) is 0 Å². The molecule has 0 saturated heterocycles. The van der Waals surface area contributed by atoms with Crippen molar-refractivity contribution in [1.82, 2.24) is 0 Å². The molecule has 4 rings (SSSR count). The number of rotatable bonds is 9. The lowest BCUT2D eigenvalue weighted by Crippen LogP contribution is -2.38. The number of ether oxygens (including phenoxy) is 4. The van der Waals surface area contributed by atoms with E-state index < -0.39 is 69.2 Å². The highest BCUT2D eigenvalue weighted by atomic mass is 32.2. The third-order valence-corrected chi connectivity index (χ3v) is 6.98. The van der Waals surface area contributed by atoms with Gasteiger partial charge in [-0.15, -0.1) is 0 Å². The van der Waals surface area contributed by atoms with Crippen molar-refractivity contribution >= 4 is 44.1 Å². The van der Waals surface area contributed by atoms with Crippen molar-refractivity contribution in [3.05, 3.63) is 0 Å². The van der Waals surface area contributed by atoms with Crippen LogP contribution in [0.2, 0.25) is 0 Å². The molecule has 0 heterocycles. The van der Waals surface area contributed by atoms with Crippen molar-refractivity contribution < 1.29 is 64.1 Å². The molecule has 0 aromatic rings. The molecule has 0 aromatic carbocycles. The predicted molar refractivity (Wildman–Crippen MR) is 132 cm³/mol. The molecule has 0 aliphatic heterocycles. The topological polar surface area (TPSA) is 220 Å². The summed E-state index contributed by atoms with van der Waals surface area (Å²) in [5.74, 6) is -1.61. The fraction of sp³-hybridized carbons (Fsp3) is 0.826. The molecular weight excluding hydrogens is 564 g/mol. The molecule has 0 atom stereocenters.